The van der Waals surface area contributed by atoms with Crippen LogP contribution in [0.4, 0.5) is 0 Å². The molecule has 0 aromatic carbocycles. The summed E-state index contributed by atoms with van der Waals surface area (Å²) in [5.41, 5.74) is 1.43. The maximum absolute atomic E-state index is 5.30. The molecule has 17 heavy (non-hydrogen) atoms. The van der Waals surface area contributed by atoms with E-state index in [1.807, 2.05) is 12.2 Å². The number of hydrogen-bond donors (Lipinski definition) is 0. The van der Waals surface area contributed by atoms with Gasteiger partial charge in [0.2, 0.25) is 0 Å². The second-order valence-electron chi connectivity index (χ2n) is 5.08. The normalized spacial score (nSPS) is 15.4. The summed E-state index contributed by atoms with van der Waals surface area (Å²) in [5.74, 6) is 1.83. The lowest BCUT2D eigenvalue weighted by atomic mass is 9.52. The van der Waals surface area contributed by atoms with Crippen LogP contribution in [0.1, 0.15) is 27.2 Å². The average Bonchev–Trinajstić information content (AvgIpc) is 2.28. The second kappa shape index (κ2) is 9.35. The van der Waals surface area contributed by atoms with E-state index in [-0.39, 0.29) is 0 Å². The van der Waals surface area contributed by atoms with Crippen LogP contribution in [0.15, 0.2) is 36.9 Å². The van der Waals surface area contributed by atoms with Crippen molar-refractivity contribution >= 4 is 15.3 Å². The first-order chi connectivity index (χ1) is 8.06. The Morgan fingerprint density at radius 2 is 2.00 bits per heavy atom. The van der Waals surface area contributed by atoms with E-state index in [9.17, 15) is 0 Å². The van der Waals surface area contributed by atoms with Crippen molar-refractivity contribution < 1.29 is 4.65 Å². The number of rotatable bonds is 9. The van der Waals surface area contributed by atoms with Gasteiger partial charge in [-0.05, 0) is 12.3 Å². The minimum atomic E-state index is 0.441. The lowest BCUT2D eigenvalue weighted by Crippen LogP contribution is -2.19. The van der Waals surface area contributed by atoms with Gasteiger partial charge in [0.25, 0.3) is 8.05 Å². The van der Waals surface area contributed by atoms with E-state index in [4.69, 9.17) is 4.65 Å². The minimum absolute atomic E-state index is 0.441. The third-order valence-electron chi connectivity index (χ3n) is 3.37. The van der Waals surface area contributed by atoms with E-state index in [0.29, 0.717) is 17.7 Å². The van der Waals surface area contributed by atoms with Crippen molar-refractivity contribution in [2.24, 2.45) is 11.8 Å². The van der Waals surface area contributed by atoms with Gasteiger partial charge < -0.3 is 4.65 Å². The molecule has 0 radical (unpaired) electrons. The smallest absolute Gasteiger partial charge is 0.257 e. The maximum Gasteiger partial charge on any atom is 0.257 e. The van der Waals surface area contributed by atoms with Crippen molar-refractivity contribution in [1.29, 1.82) is 0 Å². The Morgan fingerprint density at radius 3 is 2.41 bits per heavy atom. The molecule has 0 bridgehead atoms. The molecule has 1 unspecified atom stereocenters. The summed E-state index contributed by atoms with van der Waals surface area (Å²) in [5, 5.41) is 0. The fourth-order valence-electron chi connectivity index (χ4n) is 1.86. The molecule has 0 aromatic rings. The Kier molecular flexibility index (Phi) is 8.97. The Hall–Kier alpha value is -0.690. The molecule has 0 aliphatic rings. The van der Waals surface area contributed by atoms with Crippen LogP contribution in [0, 0.1) is 11.8 Å². The molecule has 0 aliphatic carbocycles. The highest BCUT2D eigenvalue weighted by Gasteiger charge is 2.18. The molecule has 94 valence electrons. The van der Waals surface area contributed by atoms with Crippen LogP contribution in [-0.2, 0) is 4.65 Å². The van der Waals surface area contributed by atoms with Gasteiger partial charge in [0.1, 0.15) is 0 Å². The molecule has 0 amide bonds. The fraction of sp³-hybridized carbons (Fsp3) is 0.571. The van der Waals surface area contributed by atoms with Gasteiger partial charge >= 0.3 is 0 Å². The van der Waals surface area contributed by atoms with Gasteiger partial charge in [-0.15, -0.1) is 6.58 Å². The zero-order chi connectivity index (χ0) is 13.3. The van der Waals surface area contributed by atoms with Crippen molar-refractivity contribution in [2.75, 3.05) is 6.61 Å². The highest BCUT2D eigenvalue weighted by atomic mass is 16.4. The Morgan fingerprint density at radius 1 is 1.35 bits per heavy atom. The zero-order valence-corrected chi connectivity index (χ0v) is 11.9. The Bertz CT molecular complexity index is 259. The summed E-state index contributed by atoms with van der Waals surface area (Å²) in [4.78, 5) is 0. The van der Waals surface area contributed by atoms with Crippen LogP contribution < -0.4 is 0 Å². The summed E-state index contributed by atoms with van der Waals surface area (Å²) in [6, 6.07) is 0. The summed E-state index contributed by atoms with van der Waals surface area (Å²) in [6.45, 7) is 15.3. The Balaban J connectivity index is 4.73. The van der Waals surface area contributed by atoms with Gasteiger partial charge in [0, 0.05) is 6.61 Å². The maximum atomic E-state index is 5.30. The first kappa shape index (κ1) is 16.3. The molecule has 0 rings (SSSR count). The fourth-order valence-corrected chi connectivity index (χ4v) is 1.86. The van der Waals surface area contributed by atoms with Crippen LogP contribution in [0.5, 0.6) is 0 Å². The van der Waals surface area contributed by atoms with Crippen molar-refractivity contribution in [1.82, 2.24) is 0 Å². The van der Waals surface area contributed by atoms with Gasteiger partial charge in [-0.3, -0.25) is 0 Å². The quantitative estimate of drug-likeness (QED) is 0.337. The molecular formula is C14H26B2O. The predicted octanol–water partition coefficient (Wildman–Crippen LogP) is 2.71. The van der Waals surface area contributed by atoms with Gasteiger partial charge in [0.15, 0.2) is 7.28 Å². The lowest BCUT2D eigenvalue weighted by Gasteiger charge is -2.22. The third-order valence-corrected chi connectivity index (χ3v) is 3.37. The van der Waals surface area contributed by atoms with E-state index in [1.165, 1.54) is 5.47 Å². The monoisotopic (exact) mass is 232 g/mol. The summed E-state index contributed by atoms with van der Waals surface area (Å²) in [7, 11) is 2.87. The van der Waals surface area contributed by atoms with Gasteiger partial charge in [-0.1, -0.05) is 62.8 Å². The van der Waals surface area contributed by atoms with Crippen LogP contribution in [0.25, 0.3) is 0 Å². The Labute approximate surface area is 109 Å². The van der Waals surface area contributed by atoms with Gasteiger partial charge in [0.05, 0.1) is 0 Å². The lowest BCUT2D eigenvalue weighted by molar-refractivity contribution is 0.298. The van der Waals surface area contributed by atoms with Crippen molar-refractivity contribution in [2.45, 2.75) is 33.0 Å². The molecule has 0 saturated carbocycles. The van der Waals surface area contributed by atoms with Crippen LogP contribution in [0.2, 0.25) is 5.82 Å². The first-order valence-corrected chi connectivity index (χ1v) is 6.48. The highest BCUT2D eigenvalue weighted by molar-refractivity contribution is 6.47. The molecule has 0 aliphatic heterocycles. The van der Waals surface area contributed by atoms with Crippen molar-refractivity contribution in [3.8, 4) is 0 Å². The molecule has 0 fully saturated rings. The molecule has 0 heterocycles. The van der Waals surface area contributed by atoms with E-state index in [0.717, 1.165) is 20.3 Å². The van der Waals surface area contributed by atoms with Crippen LogP contribution in [0.3, 0.4) is 0 Å². The molecule has 0 spiro atoms. The van der Waals surface area contributed by atoms with E-state index in [1.54, 1.807) is 8.05 Å². The molecule has 0 aromatic heterocycles. The molecule has 3 heteroatoms. The van der Waals surface area contributed by atoms with Gasteiger partial charge in [-0.2, -0.15) is 0 Å². The minimum Gasteiger partial charge on any atom is -0.443 e. The standard InChI is InChI=1S/C14H26B2O/c1-6-8-13(10-17-15)14(9-7-2)16-12(5)11(3)4/h6-7,9,11-13,16H,1-2,8,10,15H2,3-5H3/b14-9+/t12-,13?/m1/s1. The van der Waals surface area contributed by atoms with E-state index >= 15 is 0 Å². The van der Waals surface area contributed by atoms with Crippen LogP contribution in [-0.4, -0.2) is 21.9 Å². The summed E-state index contributed by atoms with van der Waals surface area (Å²) >= 11 is 0. The van der Waals surface area contributed by atoms with E-state index in [2.05, 4.69) is 40.0 Å². The first-order valence-electron chi connectivity index (χ1n) is 6.48. The molecule has 0 saturated heterocycles. The van der Waals surface area contributed by atoms with E-state index < -0.39 is 0 Å². The van der Waals surface area contributed by atoms with Gasteiger partial charge in [-0.25, -0.2) is 0 Å². The highest BCUT2D eigenvalue weighted by Crippen LogP contribution is 2.24. The number of hydrogen-bond acceptors (Lipinski definition) is 1. The van der Waals surface area contributed by atoms with Crippen molar-refractivity contribution in [3.05, 3.63) is 36.9 Å². The SMILES string of the molecule is BOCC(CC=C)/C(B[C@H](C)C(C)C)=C\C=C. The van der Waals surface area contributed by atoms with Crippen LogP contribution >= 0.6 is 0 Å². The topological polar surface area (TPSA) is 9.23 Å². The summed E-state index contributed by atoms with van der Waals surface area (Å²) in [6.07, 6.45) is 6.97. The number of allylic oxidation sites excluding steroid dienone is 3. The third kappa shape index (κ3) is 6.58. The zero-order valence-electron chi connectivity index (χ0n) is 11.9. The van der Waals surface area contributed by atoms with Crippen molar-refractivity contribution in [3.63, 3.8) is 0 Å². The largest absolute Gasteiger partial charge is 0.443 e. The molecular weight excluding hydrogens is 206 g/mol. The molecule has 1 nitrogen and oxygen atoms in total. The molecule has 2 atom stereocenters. The second-order valence-corrected chi connectivity index (χ2v) is 5.08. The summed E-state index contributed by atoms with van der Waals surface area (Å²) < 4.78 is 5.30. The predicted molar refractivity (Wildman–Crippen MR) is 82.5 cm³/mol. The molecule has 0 N–H and O–H groups in total. The average molecular weight is 232 g/mol.